The van der Waals surface area contributed by atoms with Gasteiger partial charge in [-0.15, -0.1) is 0 Å². The number of amidine groups is 1. The summed E-state index contributed by atoms with van der Waals surface area (Å²) in [5, 5.41) is 4.99. The largest absolute Gasteiger partial charge is 0.333 e. The number of nitrogens with one attached hydrogen (secondary N) is 1. The first-order valence-corrected chi connectivity index (χ1v) is 7.36. The van der Waals surface area contributed by atoms with Crippen LogP contribution in [0.4, 0.5) is 5.69 Å². The molecule has 0 saturated carbocycles. The van der Waals surface area contributed by atoms with E-state index in [1.54, 1.807) is 11.8 Å². The molecule has 90 valence electrons. The van der Waals surface area contributed by atoms with Crippen LogP contribution in [-0.4, -0.2) is 10.9 Å². The van der Waals surface area contributed by atoms with E-state index in [0.717, 1.165) is 26.5 Å². The minimum Gasteiger partial charge on any atom is -0.333 e. The predicted octanol–water partition coefficient (Wildman–Crippen LogP) is 4.83. The van der Waals surface area contributed by atoms with Crippen LogP contribution in [0.5, 0.6) is 0 Å². The first-order valence-electron chi connectivity index (χ1n) is 5.23. The van der Waals surface area contributed by atoms with Crippen molar-refractivity contribution in [2.45, 2.75) is 18.7 Å². The average Bonchev–Trinajstić information content (AvgIpc) is 2.29. The second kappa shape index (κ2) is 5.85. The fourth-order valence-corrected chi connectivity index (χ4v) is 3.19. The Morgan fingerprint density at radius 1 is 1.53 bits per heavy atom. The zero-order valence-electron chi connectivity index (χ0n) is 9.66. The molecule has 0 atom stereocenters. The van der Waals surface area contributed by atoms with Crippen molar-refractivity contribution in [2.75, 3.05) is 11.1 Å². The van der Waals surface area contributed by atoms with E-state index in [2.05, 4.69) is 29.6 Å². The summed E-state index contributed by atoms with van der Waals surface area (Å²) in [5.41, 5.74) is 2.41. The van der Waals surface area contributed by atoms with Crippen LogP contribution in [-0.2, 0) is 0 Å². The molecule has 0 saturated heterocycles. The zero-order chi connectivity index (χ0) is 12.3. The third kappa shape index (κ3) is 3.69. The lowest BCUT2D eigenvalue weighted by Crippen LogP contribution is -2.11. The monoisotopic (exact) mass is 284 g/mol. The fourth-order valence-electron chi connectivity index (χ4n) is 1.25. The number of benzene rings is 1. The first kappa shape index (κ1) is 12.9. The molecule has 0 radical (unpaired) electrons. The van der Waals surface area contributed by atoms with Crippen molar-refractivity contribution < 1.29 is 0 Å². The van der Waals surface area contributed by atoms with E-state index in [-0.39, 0.29) is 0 Å². The Balaban J connectivity index is 2.00. The van der Waals surface area contributed by atoms with Crippen molar-refractivity contribution in [2.24, 2.45) is 4.40 Å². The quantitative estimate of drug-likeness (QED) is 0.622. The van der Waals surface area contributed by atoms with Crippen molar-refractivity contribution >= 4 is 46.2 Å². The molecule has 1 aromatic rings. The van der Waals surface area contributed by atoms with Crippen LogP contribution < -0.4 is 5.32 Å². The van der Waals surface area contributed by atoms with Crippen molar-refractivity contribution in [1.29, 1.82) is 0 Å². The second-order valence-electron chi connectivity index (χ2n) is 3.85. The smallest absolute Gasteiger partial charge is 0.173 e. The fraction of sp³-hybridized carbons (Fsp3) is 0.250. The molecule has 1 heterocycles. The number of allylic oxidation sites excluding steroid dienone is 1. The molecule has 0 aliphatic carbocycles. The molecule has 0 spiro atoms. The van der Waals surface area contributed by atoms with Crippen LogP contribution in [0.1, 0.15) is 13.8 Å². The van der Waals surface area contributed by atoms with Gasteiger partial charge in [0.2, 0.25) is 0 Å². The van der Waals surface area contributed by atoms with Gasteiger partial charge in [-0.1, -0.05) is 35.0 Å². The predicted molar refractivity (Wildman–Crippen MR) is 80.3 cm³/mol. The highest BCUT2D eigenvalue weighted by Crippen LogP contribution is 2.35. The van der Waals surface area contributed by atoms with Gasteiger partial charge in [0.15, 0.2) is 5.17 Å². The molecule has 0 fully saturated rings. The van der Waals surface area contributed by atoms with Crippen LogP contribution in [0.25, 0.3) is 0 Å². The number of anilines is 1. The standard InChI is InChI=1S/C12H13ClN2S2/c1-8(2)5-6-16-12-14-10-4-3-9(13)7-11(10)17-15-12/h3-5,7H,6H2,1-2H3,(H,14,15). The van der Waals surface area contributed by atoms with Gasteiger partial charge in [0, 0.05) is 22.7 Å². The average molecular weight is 285 g/mol. The summed E-state index contributed by atoms with van der Waals surface area (Å²) in [7, 11) is 0. The third-order valence-corrected chi connectivity index (χ3v) is 4.08. The highest BCUT2D eigenvalue weighted by Gasteiger charge is 2.12. The Hall–Kier alpha value is -0.580. The van der Waals surface area contributed by atoms with Gasteiger partial charge in [-0.25, -0.2) is 0 Å². The van der Waals surface area contributed by atoms with Gasteiger partial charge in [-0.3, -0.25) is 0 Å². The van der Waals surface area contributed by atoms with Crippen molar-refractivity contribution in [3.63, 3.8) is 0 Å². The molecule has 2 nitrogen and oxygen atoms in total. The maximum Gasteiger partial charge on any atom is 0.173 e. The van der Waals surface area contributed by atoms with Crippen molar-refractivity contribution in [1.82, 2.24) is 0 Å². The summed E-state index contributed by atoms with van der Waals surface area (Å²) in [6.07, 6.45) is 2.19. The van der Waals surface area contributed by atoms with E-state index in [9.17, 15) is 0 Å². The summed E-state index contributed by atoms with van der Waals surface area (Å²) in [4.78, 5) is 1.07. The molecular formula is C12H13ClN2S2. The van der Waals surface area contributed by atoms with E-state index in [0.29, 0.717) is 0 Å². The minimum atomic E-state index is 0.744. The van der Waals surface area contributed by atoms with E-state index >= 15 is 0 Å². The summed E-state index contributed by atoms with van der Waals surface area (Å²) < 4.78 is 4.41. The molecule has 17 heavy (non-hydrogen) atoms. The maximum absolute atomic E-state index is 5.93. The number of fused-ring (bicyclic) bond motifs is 1. The lowest BCUT2D eigenvalue weighted by Gasteiger charge is -2.16. The van der Waals surface area contributed by atoms with Gasteiger partial charge < -0.3 is 5.32 Å². The highest BCUT2D eigenvalue weighted by atomic mass is 35.5. The van der Waals surface area contributed by atoms with Gasteiger partial charge in [0.05, 0.1) is 10.6 Å². The minimum absolute atomic E-state index is 0.744. The maximum atomic E-state index is 5.93. The van der Waals surface area contributed by atoms with Crippen LogP contribution >= 0.6 is 35.3 Å². The van der Waals surface area contributed by atoms with Gasteiger partial charge in [0.25, 0.3) is 0 Å². The van der Waals surface area contributed by atoms with Crippen LogP contribution in [0.3, 0.4) is 0 Å². The van der Waals surface area contributed by atoms with Gasteiger partial charge in [-0.2, -0.15) is 4.40 Å². The topological polar surface area (TPSA) is 24.4 Å². The summed E-state index contributed by atoms with van der Waals surface area (Å²) >= 11 is 9.10. The Bertz CT molecular complexity index is 479. The molecule has 0 unspecified atom stereocenters. The van der Waals surface area contributed by atoms with Crippen LogP contribution in [0.15, 0.2) is 39.1 Å². The summed E-state index contributed by atoms with van der Waals surface area (Å²) in [5.74, 6) is 0.942. The molecule has 0 bridgehead atoms. The molecular weight excluding hydrogens is 272 g/mol. The van der Waals surface area contributed by atoms with Gasteiger partial charge in [-0.05, 0) is 32.0 Å². The first-order chi connectivity index (χ1) is 8.15. The molecule has 1 N–H and O–H groups in total. The summed E-state index contributed by atoms with van der Waals surface area (Å²) in [6, 6.07) is 5.80. The Labute approximate surface area is 115 Å². The molecule has 1 aliphatic rings. The lowest BCUT2D eigenvalue weighted by molar-refractivity contribution is 1.37. The Morgan fingerprint density at radius 3 is 3.12 bits per heavy atom. The summed E-state index contributed by atoms with van der Waals surface area (Å²) in [6.45, 7) is 4.20. The number of hydrogen-bond acceptors (Lipinski definition) is 4. The second-order valence-corrected chi connectivity index (χ2v) is 6.10. The van der Waals surface area contributed by atoms with Crippen molar-refractivity contribution in [3.8, 4) is 0 Å². The SMILES string of the molecule is CC(C)=CCSC1=NSc2cc(Cl)ccc2N1. The van der Waals surface area contributed by atoms with E-state index in [4.69, 9.17) is 11.6 Å². The van der Waals surface area contributed by atoms with Crippen LogP contribution in [0, 0.1) is 0 Å². The molecule has 0 aromatic heterocycles. The Morgan fingerprint density at radius 2 is 2.35 bits per heavy atom. The highest BCUT2D eigenvalue weighted by molar-refractivity contribution is 8.15. The molecule has 1 aromatic carbocycles. The molecule has 2 rings (SSSR count). The van der Waals surface area contributed by atoms with Crippen LogP contribution in [0.2, 0.25) is 5.02 Å². The third-order valence-electron chi connectivity index (χ3n) is 2.12. The number of hydrogen-bond donors (Lipinski definition) is 1. The number of thioether (sulfide) groups is 1. The number of nitrogens with zero attached hydrogens (tertiary/aromatic N) is 1. The van der Waals surface area contributed by atoms with Crippen molar-refractivity contribution in [3.05, 3.63) is 34.9 Å². The Kier molecular flexibility index (Phi) is 4.42. The lowest BCUT2D eigenvalue weighted by atomic mass is 10.3. The number of rotatable bonds is 2. The number of halogens is 1. The van der Waals surface area contributed by atoms with Gasteiger partial charge >= 0.3 is 0 Å². The zero-order valence-corrected chi connectivity index (χ0v) is 12.0. The molecule has 1 aliphatic heterocycles. The van der Waals surface area contributed by atoms with E-state index < -0.39 is 0 Å². The normalized spacial score (nSPS) is 13.5. The molecule has 0 amide bonds. The van der Waals surface area contributed by atoms with E-state index in [1.165, 1.54) is 17.5 Å². The molecule has 5 heteroatoms. The van der Waals surface area contributed by atoms with Gasteiger partial charge in [0.1, 0.15) is 0 Å². The van der Waals surface area contributed by atoms with E-state index in [1.807, 2.05) is 18.2 Å².